The minimum atomic E-state index is -2.61. The third-order valence-electron chi connectivity index (χ3n) is 3.38. The summed E-state index contributed by atoms with van der Waals surface area (Å²) in [5.74, 6) is -3.00. The molecule has 19 heavy (non-hydrogen) atoms. The van der Waals surface area contributed by atoms with Gasteiger partial charge < -0.3 is 9.73 Å². The zero-order chi connectivity index (χ0) is 13.6. The molecule has 1 aliphatic carbocycles. The Bertz CT molecular complexity index is 648. The smallest absolute Gasteiger partial charge is 0.255 e. The molecule has 1 saturated carbocycles. The number of carbonyl (C=O) groups excluding carboxylic acids is 1. The van der Waals surface area contributed by atoms with Crippen LogP contribution in [0.3, 0.4) is 0 Å². The SMILES string of the molecule is Cc1cc2cccc(C(=O)NCC3CC3(F)F)c2o1. The first-order chi connectivity index (χ1) is 8.97. The van der Waals surface area contributed by atoms with Crippen LogP contribution in [0.15, 0.2) is 28.7 Å². The van der Waals surface area contributed by atoms with E-state index in [1.54, 1.807) is 19.1 Å². The van der Waals surface area contributed by atoms with E-state index in [9.17, 15) is 13.6 Å². The van der Waals surface area contributed by atoms with Crippen molar-refractivity contribution in [2.45, 2.75) is 19.3 Å². The van der Waals surface area contributed by atoms with Gasteiger partial charge in [0.15, 0.2) is 0 Å². The maximum Gasteiger partial charge on any atom is 0.255 e. The number of amides is 1. The number of aryl methyl sites for hydroxylation is 1. The lowest BCUT2D eigenvalue weighted by Crippen LogP contribution is -2.27. The van der Waals surface area contributed by atoms with Crippen molar-refractivity contribution < 1.29 is 18.0 Å². The molecule has 3 nitrogen and oxygen atoms in total. The Morgan fingerprint density at radius 2 is 2.26 bits per heavy atom. The maximum atomic E-state index is 12.7. The van der Waals surface area contributed by atoms with Crippen LogP contribution < -0.4 is 5.32 Å². The lowest BCUT2D eigenvalue weighted by Gasteiger charge is -2.05. The second-order valence-electron chi connectivity index (χ2n) is 4.95. The van der Waals surface area contributed by atoms with Gasteiger partial charge >= 0.3 is 0 Å². The first-order valence-electron chi connectivity index (χ1n) is 6.12. The van der Waals surface area contributed by atoms with Gasteiger partial charge in [0.2, 0.25) is 0 Å². The van der Waals surface area contributed by atoms with Crippen LogP contribution in [-0.4, -0.2) is 18.4 Å². The van der Waals surface area contributed by atoms with Gasteiger partial charge in [-0.05, 0) is 19.1 Å². The average molecular weight is 265 g/mol. The molecule has 5 heteroatoms. The van der Waals surface area contributed by atoms with Gasteiger partial charge in [0.25, 0.3) is 11.8 Å². The number of alkyl halides is 2. The summed E-state index contributed by atoms with van der Waals surface area (Å²) in [4.78, 5) is 12.0. The molecule has 1 heterocycles. The second kappa shape index (κ2) is 4.05. The highest BCUT2D eigenvalue weighted by Gasteiger charge is 2.56. The fourth-order valence-electron chi connectivity index (χ4n) is 2.17. The zero-order valence-corrected chi connectivity index (χ0v) is 10.4. The topological polar surface area (TPSA) is 42.2 Å². The Labute approximate surface area is 108 Å². The minimum absolute atomic E-state index is 0.00190. The van der Waals surface area contributed by atoms with Gasteiger partial charge in [0.05, 0.1) is 5.56 Å². The van der Waals surface area contributed by atoms with Crippen molar-refractivity contribution in [3.8, 4) is 0 Å². The predicted molar refractivity (Wildman–Crippen MR) is 66.3 cm³/mol. The molecule has 0 bridgehead atoms. The van der Waals surface area contributed by atoms with Crippen LogP contribution in [0.2, 0.25) is 0 Å². The van der Waals surface area contributed by atoms with Crippen molar-refractivity contribution in [3.05, 3.63) is 35.6 Å². The zero-order valence-electron chi connectivity index (χ0n) is 10.4. The molecule has 1 aromatic heterocycles. The monoisotopic (exact) mass is 265 g/mol. The number of benzene rings is 1. The summed E-state index contributed by atoms with van der Waals surface area (Å²) in [6, 6.07) is 7.06. The summed E-state index contributed by atoms with van der Waals surface area (Å²) >= 11 is 0. The van der Waals surface area contributed by atoms with Crippen LogP contribution in [-0.2, 0) is 0 Å². The quantitative estimate of drug-likeness (QED) is 0.926. The molecule has 0 spiro atoms. The molecule has 1 fully saturated rings. The first-order valence-corrected chi connectivity index (χ1v) is 6.12. The van der Waals surface area contributed by atoms with Crippen molar-refractivity contribution in [1.29, 1.82) is 0 Å². The number of carbonyl (C=O) groups is 1. The molecule has 1 N–H and O–H groups in total. The van der Waals surface area contributed by atoms with Crippen LogP contribution in [0.5, 0.6) is 0 Å². The van der Waals surface area contributed by atoms with E-state index in [0.29, 0.717) is 16.9 Å². The van der Waals surface area contributed by atoms with Crippen LogP contribution in [0, 0.1) is 12.8 Å². The molecule has 0 saturated heterocycles. The number of nitrogens with one attached hydrogen (secondary N) is 1. The summed E-state index contributed by atoms with van der Waals surface area (Å²) in [5.41, 5.74) is 0.884. The van der Waals surface area contributed by atoms with E-state index in [1.807, 2.05) is 12.1 Å². The number of hydrogen-bond acceptors (Lipinski definition) is 2. The molecule has 1 amide bonds. The van der Waals surface area contributed by atoms with Gasteiger partial charge in [-0.2, -0.15) is 0 Å². The summed E-state index contributed by atoms with van der Waals surface area (Å²) in [5, 5.41) is 3.37. The van der Waals surface area contributed by atoms with Crippen LogP contribution in [0.4, 0.5) is 8.78 Å². The highest BCUT2D eigenvalue weighted by molar-refractivity contribution is 6.05. The molecule has 3 rings (SSSR count). The number of furan rings is 1. The average Bonchev–Trinajstić information content (AvgIpc) is 2.78. The Balaban J connectivity index is 1.78. The fraction of sp³-hybridized carbons (Fsp3) is 0.357. The van der Waals surface area contributed by atoms with Gasteiger partial charge in [-0.15, -0.1) is 0 Å². The van der Waals surface area contributed by atoms with E-state index in [-0.39, 0.29) is 18.9 Å². The maximum absolute atomic E-state index is 12.7. The number of fused-ring (bicyclic) bond motifs is 1. The predicted octanol–water partition coefficient (Wildman–Crippen LogP) is 3.13. The number of hydrogen-bond donors (Lipinski definition) is 1. The van der Waals surface area contributed by atoms with Gasteiger partial charge in [-0.3, -0.25) is 4.79 Å². The summed E-state index contributed by atoms with van der Waals surface area (Å²) in [6.45, 7) is 1.80. The van der Waals surface area contributed by atoms with Crippen molar-refractivity contribution in [2.75, 3.05) is 6.54 Å². The summed E-state index contributed by atoms with van der Waals surface area (Å²) in [6.07, 6.45) is -0.142. The number of halogens is 2. The number of para-hydroxylation sites is 1. The molecule has 1 unspecified atom stereocenters. The molecule has 0 radical (unpaired) electrons. The van der Waals surface area contributed by atoms with Gasteiger partial charge in [0, 0.05) is 24.3 Å². The second-order valence-corrected chi connectivity index (χ2v) is 4.95. The van der Waals surface area contributed by atoms with Gasteiger partial charge in [-0.25, -0.2) is 8.78 Å². The van der Waals surface area contributed by atoms with E-state index >= 15 is 0 Å². The molecule has 0 aliphatic heterocycles. The molecule has 1 atom stereocenters. The molecule has 1 aromatic carbocycles. The largest absolute Gasteiger partial charge is 0.461 e. The lowest BCUT2D eigenvalue weighted by atomic mass is 10.1. The third-order valence-corrected chi connectivity index (χ3v) is 3.38. The van der Waals surface area contributed by atoms with E-state index < -0.39 is 11.8 Å². The third kappa shape index (κ3) is 2.20. The Kier molecular flexibility index (Phi) is 2.59. The molecular weight excluding hydrogens is 252 g/mol. The number of rotatable bonds is 3. The fourth-order valence-corrected chi connectivity index (χ4v) is 2.17. The van der Waals surface area contributed by atoms with Crippen molar-refractivity contribution in [2.24, 2.45) is 5.92 Å². The Morgan fingerprint density at radius 1 is 1.53 bits per heavy atom. The van der Waals surface area contributed by atoms with Crippen LogP contribution in [0.25, 0.3) is 11.0 Å². The van der Waals surface area contributed by atoms with Crippen LogP contribution >= 0.6 is 0 Å². The van der Waals surface area contributed by atoms with Crippen LogP contribution in [0.1, 0.15) is 22.5 Å². The van der Waals surface area contributed by atoms with Crippen molar-refractivity contribution in [1.82, 2.24) is 5.32 Å². The summed E-state index contributed by atoms with van der Waals surface area (Å²) < 4.78 is 30.9. The molecule has 1 aliphatic rings. The molecular formula is C14H13F2NO2. The van der Waals surface area contributed by atoms with E-state index in [4.69, 9.17) is 4.42 Å². The molecule has 2 aromatic rings. The standard InChI is InChI=1S/C14H13F2NO2/c1-8-5-9-3-2-4-11(12(9)19-8)13(18)17-7-10-6-14(10,15)16/h2-5,10H,6-7H2,1H3,(H,17,18). The highest BCUT2D eigenvalue weighted by Crippen LogP contribution is 2.48. The summed E-state index contributed by atoms with van der Waals surface area (Å²) in [7, 11) is 0. The lowest BCUT2D eigenvalue weighted by molar-refractivity contribution is 0.0895. The van der Waals surface area contributed by atoms with Gasteiger partial charge in [0.1, 0.15) is 11.3 Å². The van der Waals surface area contributed by atoms with Gasteiger partial charge in [-0.1, -0.05) is 12.1 Å². The Morgan fingerprint density at radius 3 is 2.95 bits per heavy atom. The first kappa shape index (κ1) is 12.1. The Hall–Kier alpha value is -1.91. The highest BCUT2D eigenvalue weighted by atomic mass is 19.3. The molecule has 100 valence electrons. The van der Waals surface area contributed by atoms with Crippen molar-refractivity contribution in [3.63, 3.8) is 0 Å². The van der Waals surface area contributed by atoms with E-state index in [0.717, 1.165) is 5.39 Å². The normalized spacial score (nSPS) is 20.5. The van der Waals surface area contributed by atoms with Crippen molar-refractivity contribution >= 4 is 16.9 Å². The van der Waals surface area contributed by atoms with E-state index in [1.165, 1.54) is 0 Å². The minimum Gasteiger partial charge on any atom is -0.461 e. The van der Waals surface area contributed by atoms with E-state index in [2.05, 4.69) is 5.32 Å².